The highest BCUT2D eigenvalue weighted by Gasteiger charge is 2.43. The zero-order valence-corrected chi connectivity index (χ0v) is 19.0. The Morgan fingerprint density at radius 2 is 2.03 bits per heavy atom. The maximum absolute atomic E-state index is 13.6. The number of para-hydroxylation sites is 1. The summed E-state index contributed by atoms with van der Waals surface area (Å²) in [7, 11) is 1.69. The van der Waals surface area contributed by atoms with Crippen molar-refractivity contribution >= 4 is 17.7 Å². The molecule has 9 heteroatoms. The molecule has 3 aliphatic rings. The SMILES string of the molecule is C=CN1C/C=C2/CC[C@@H](C(=O)N[C@@H]3COc4ccccc43)N2C(=O)[C@@H](NC(=O)[C@H](C)NC)C1. The number of nitrogens with one attached hydrogen (secondary N) is 3. The van der Waals surface area contributed by atoms with Crippen LogP contribution >= 0.6 is 0 Å². The van der Waals surface area contributed by atoms with E-state index in [2.05, 4.69) is 22.5 Å². The highest BCUT2D eigenvalue weighted by Crippen LogP contribution is 2.34. The van der Waals surface area contributed by atoms with Gasteiger partial charge in [-0.3, -0.25) is 14.4 Å². The molecule has 1 aromatic rings. The number of hydrogen-bond donors (Lipinski definition) is 3. The fourth-order valence-electron chi connectivity index (χ4n) is 4.49. The molecule has 1 saturated heterocycles. The Morgan fingerprint density at radius 3 is 2.79 bits per heavy atom. The molecule has 9 nitrogen and oxygen atoms in total. The predicted octanol–water partition coefficient (Wildman–Crippen LogP) is 0.663. The normalized spacial score (nSPS) is 26.7. The number of allylic oxidation sites excluding steroid dienone is 1. The van der Waals surface area contributed by atoms with Crippen LogP contribution in [0.15, 0.2) is 48.8 Å². The van der Waals surface area contributed by atoms with Crippen molar-refractivity contribution in [3.05, 3.63) is 54.4 Å². The number of nitrogens with zero attached hydrogens (tertiary/aromatic N) is 2. The Bertz CT molecular complexity index is 977. The molecule has 4 atom stereocenters. The van der Waals surface area contributed by atoms with E-state index in [1.54, 1.807) is 25.1 Å². The van der Waals surface area contributed by atoms with E-state index in [-0.39, 0.29) is 30.3 Å². The fourth-order valence-corrected chi connectivity index (χ4v) is 4.49. The number of benzene rings is 1. The molecule has 0 bridgehead atoms. The summed E-state index contributed by atoms with van der Waals surface area (Å²) < 4.78 is 5.68. The lowest BCUT2D eigenvalue weighted by molar-refractivity contribution is -0.140. The van der Waals surface area contributed by atoms with Crippen LogP contribution in [-0.2, 0) is 14.4 Å². The average Bonchev–Trinajstić information content (AvgIpc) is 3.43. The minimum absolute atomic E-state index is 0.216. The number of ether oxygens (including phenoxy) is 1. The number of carbonyl (C=O) groups excluding carboxylic acids is 3. The molecule has 176 valence electrons. The van der Waals surface area contributed by atoms with E-state index in [1.165, 1.54) is 0 Å². The van der Waals surface area contributed by atoms with Gasteiger partial charge in [0.05, 0.1) is 12.1 Å². The molecule has 0 aromatic heterocycles. The molecule has 0 saturated carbocycles. The lowest BCUT2D eigenvalue weighted by Gasteiger charge is -2.35. The van der Waals surface area contributed by atoms with Crippen LogP contribution in [0.4, 0.5) is 0 Å². The Hall–Kier alpha value is -3.33. The number of fused-ring (bicyclic) bond motifs is 2. The van der Waals surface area contributed by atoms with Gasteiger partial charge in [0.15, 0.2) is 0 Å². The third-order valence-corrected chi connectivity index (χ3v) is 6.53. The van der Waals surface area contributed by atoms with Crippen LogP contribution in [-0.4, -0.2) is 72.4 Å². The third-order valence-electron chi connectivity index (χ3n) is 6.53. The Morgan fingerprint density at radius 1 is 1.24 bits per heavy atom. The molecular formula is C24H31N5O4. The average molecular weight is 454 g/mol. The molecule has 33 heavy (non-hydrogen) atoms. The third kappa shape index (κ3) is 4.59. The van der Waals surface area contributed by atoms with Crippen LogP contribution in [0.5, 0.6) is 5.75 Å². The highest BCUT2D eigenvalue weighted by molar-refractivity contribution is 5.95. The Balaban J connectivity index is 1.54. The van der Waals surface area contributed by atoms with Crippen molar-refractivity contribution in [2.45, 2.75) is 43.9 Å². The van der Waals surface area contributed by atoms with Gasteiger partial charge in [-0.2, -0.15) is 0 Å². The van der Waals surface area contributed by atoms with Crippen LogP contribution in [0.2, 0.25) is 0 Å². The Labute approximate surface area is 193 Å². The maximum atomic E-state index is 13.6. The van der Waals surface area contributed by atoms with Gasteiger partial charge in [0.1, 0.15) is 24.4 Å². The second kappa shape index (κ2) is 9.66. The van der Waals surface area contributed by atoms with Crippen molar-refractivity contribution in [2.24, 2.45) is 0 Å². The Kier molecular flexibility index (Phi) is 6.69. The zero-order chi connectivity index (χ0) is 23.5. The summed E-state index contributed by atoms with van der Waals surface area (Å²) in [5.74, 6) is -0.00832. The molecule has 1 fully saturated rings. The van der Waals surface area contributed by atoms with E-state index in [1.807, 2.05) is 35.2 Å². The summed E-state index contributed by atoms with van der Waals surface area (Å²) >= 11 is 0. The minimum atomic E-state index is -0.793. The molecule has 4 rings (SSSR count). The summed E-state index contributed by atoms with van der Waals surface area (Å²) in [4.78, 5) is 42.9. The summed E-state index contributed by atoms with van der Waals surface area (Å²) in [5.41, 5.74) is 1.74. The number of likely N-dealkylation sites (N-methyl/N-ethyl adjacent to an activating group) is 1. The first kappa shape index (κ1) is 22.8. The van der Waals surface area contributed by atoms with Crippen LogP contribution < -0.4 is 20.7 Å². The number of hydrogen-bond acceptors (Lipinski definition) is 6. The van der Waals surface area contributed by atoms with Crippen LogP contribution in [0, 0.1) is 0 Å². The molecular weight excluding hydrogens is 422 g/mol. The quantitative estimate of drug-likeness (QED) is 0.585. The largest absolute Gasteiger partial charge is 0.491 e. The smallest absolute Gasteiger partial charge is 0.251 e. The van der Waals surface area contributed by atoms with Gasteiger partial charge < -0.3 is 30.5 Å². The lowest BCUT2D eigenvalue weighted by Crippen LogP contribution is -2.58. The molecule has 1 aromatic carbocycles. The van der Waals surface area contributed by atoms with Gasteiger partial charge in [-0.05, 0) is 45.2 Å². The van der Waals surface area contributed by atoms with Gasteiger partial charge >= 0.3 is 0 Å². The van der Waals surface area contributed by atoms with Crippen molar-refractivity contribution in [3.63, 3.8) is 0 Å². The molecule has 0 aliphatic carbocycles. The molecule has 0 spiro atoms. The highest BCUT2D eigenvalue weighted by atomic mass is 16.5. The van der Waals surface area contributed by atoms with E-state index >= 15 is 0 Å². The monoisotopic (exact) mass is 453 g/mol. The summed E-state index contributed by atoms with van der Waals surface area (Å²) in [6, 6.07) is 5.50. The first-order valence-corrected chi connectivity index (χ1v) is 11.3. The topological polar surface area (TPSA) is 103 Å². The van der Waals surface area contributed by atoms with E-state index in [9.17, 15) is 14.4 Å². The van der Waals surface area contributed by atoms with E-state index in [0.29, 0.717) is 26.0 Å². The zero-order valence-electron chi connectivity index (χ0n) is 19.0. The van der Waals surface area contributed by atoms with Crippen molar-refractivity contribution in [1.82, 2.24) is 25.8 Å². The van der Waals surface area contributed by atoms with Gasteiger partial charge in [0.2, 0.25) is 11.8 Å². The molecule has 0 radical (unpaired) electrons. The molecule has 3 heterocycles. The van der Waals surface area contributed by atoms with Gasteiger partial charge in [-0.1, -0.05) is 24.8 Å². The predicted molar refractivity (Wildman–Crippen MR) is 123 cm³/mol. The minimum Gasteiger partial charge on any atom is -0.491 e. The van der Waals surface area contributed by atoms with Crippen molar-refractivity contribution in [1.29, 1.82) is 0 Å². The van der Waals surface area contributed by atoms with Crippen LogP contribution in [0.3, 0.4) is 0 Å². The van der Waals surface area contributed by atoms with Crippen molar-refractivity contribution < 1.29 is 19.1 Å². The first-order valence-electron chi connectivity index (χ1n) is 11.3. The molecule has 3 amide bonds. The second-order valence-corrected chi connectivity index (χ2v) is 8.58. The molecule has 3 aliphatic heterocycles. The lowest BCUT2D eigenvalue weighted by atomic mass is 10.1. The van der Waals surface area contributed by atoms with Crippen LogP contribution in [0.25, 0.3) is 0 Å². The van der Waals surface area contributed by atoms with E-state index in [4.69, 9.17) is 4.74 Å². The second-order valence-electron chi connectivity index (χ2n) is 8.58. The number of amides is 3. The first-order chi connectivity index (χ1) is 15.9. The number of carbonyl (C=O) groups is 3. The summed E-state index contributed by atoms with van der Waals surface area (Å²) in [5, 5.41) is 8.80. The van der Waals surface area contributed by atoms with Crippen LogP contribution in [0.1, 0.15) is 31.4 Å². The maximum Gasteiger partial charge on any atom is 0.251 e. The van der Waals surface area contributed by atoms with Gasteiger partial charge in [-0.15, -0.1) is 0 Å². The van der Waals surface area contributed by atoms with Gasteiger partial charge in [0.25, 0.3) is 5.91 Å². The van der Waals surface area contributed by atoms with Gasteiger partial charge in [-0.25, -0.2) is 0 Å². The van der Waals surface area contributed by atoms with Gasteiger partial charge in [0, 0.05) is 24.4 Å². The number of rotatable bonds is 6. The molecule has 3 N–H and O–H groups in total. The fraction of sp³-hybridized carbons (Fsp3) is 0.458. The van der Waals surface area contributed by atoms with Crippen molar-refractivity contribution in [2.75, 3.05) is 26.7 Å². The summed E-state index contributed by atoms with van der Waals surface area (Å²) in [6.07, 6.45) is 4.77. The van der Waals surface area contributed by atoms with Crippen molar-refractivity contribution in [3.8, 4) is 5.75 Å². The standard InChI is InChI=1S/C24H31N5O4/c1-4-28-12-11-16-9-10-20(23(31)27-19-14-33-21-8-6-5-7-17(19)21)29(16)24(32)18(13-28)26-22(30)15(2)25-3/h4-8,11,15,18-20,25H,1,9-10,12-14H2,2-3H3,(H,26,30)(H,27,31)/b16-11-/t15-,18-,19+,20-/m0/s1. The summed E-state index contributed by atoms with van der Waals surface area (Å²) in [6.45, 7) is 6.75. The van der Waals surface area contributed by atoms with E-state index in [0.717, 1.165) is 17.0 Å². The molecule has 0 unspecified atom stereocenters. The van der Waals surface area contributed by atoms with E-state index < -0.39 is 18.1 Å².